The Kier molecular flexibility index (Phi) is 3.61. The van der Waals surface area contributed by atoms with Crippen molar-refractivity contribution >= 4 is 22.3 Å². The predicted molar refractivity (Wildman–Crippen MR) is 79.2 cm³/mol. The zero-order valence-corrected chi connectivity index (χ0v) is 12.6. The molecule has 0 bridgehead atoms. The number of carbonyl (C=O) groups is 1. The van der Waals surface area contributed by atoms with Crippen LogP contribution in [0.5, 0.6) is 0 Å². The Morgan fingerprint density at radius 3 is 2.74 bits per heavy atom. The standard InChI is InChI=1S/C15H22N2OS/c1-10-14(11(2)18)19-15(16-10)17-9-5-7-12-6-3-4-8-13(12)17/h12-13H,3-9H2,1-2H3/t12-,13-/m1/s1. The van der Waals surface area contributed by atoms with Crippen molar-refractivity contribution < 1.29 is 4.79 Å². The molecule has 0 N–H and O–H groups in total. The molecule has 3 nitrogen and oxygen atoms in total. The molecule has 1 aromatic heterocycles. The van der Waals surface area contributed by atoms with Gasteiger partial charge in [-0.15, -0.1) is 0 Å². The summed E-state index contributed by atoms with van der Waals surface area (Å²) in [6, 6.07) is 0.674. The summed E-state index contributed by atoms with van der Waals surface area (Å²) in [4.78, 5) is 19.6. The number of aryl methyl sites for hydroxylation is 1. The maximum atomic E-state index is 11.6. The number of hydrogen-bond acceptors (Lipinski definition) is 4. The minimum absolute atomic E-state index is 0.151. The fraction of sp³-hybridized carbons (Fsp3) is 0.733. The molecule has 0 unspecified atom stereocenters. The van der Waals surface area contributed by atoms with E-state index >= 15 is 0 Å². The van der Waals surface area contributed by atoms with Crippen molar-refractivity contribution in [2.45, 2.75) is 58.4 Å². The monoisotopic (exact) mass is 278 g/mol. The van der Waals surface area contributed by atoms with E-state index in [2.05, 4.69) is 9.88 Å². The van der Waals surface area contributed by atoms with Crippen LogP contribution in [0.15, 0.2) is 0 Å². The van der Waals surface area contributed by atoms with Crippen LogP contribution < -0.4 is 4.90 Å². The fourth-order valence-corrected chi connectivity index (χ4v) is 4.74. The van der Waals surface area contributed by atoms with Gasteiger partial charge in [0.05, 0.1) is 10.6 Å². The van der Waals surface area contributed by atoms with Gasteiger partial charge in [-0.1, -0.05) is 24.2 Å². The number of thiazole rings is 1. The van der Waals surface area contributed by atoms with E-state index in [0.717, 1.165) is 28.2 Å². The third-order valence-electron chi connectivity index (χ3n) is 4.59. The van der Waals surface area contributed by atoms with Crippen molar-refractivity contribution in [3.05, 3.63) is 10.6 Å². The first-order valence-corrected chi connectivity index (χ1v) is 8.23. The molecule has 2 aliphatic rings. The van der Waals surface area contributed by atoms with Gasteiger partial charge in [0.25, 0.3) is 0 Å². The van der Waals surface area contributed by atoms with Crippen LogP contribution in [0.2, 0.25) is 0 Å². The number of ketones is 1. The summed E-state index contributed by atoms with van der Waals surface area (Å²) in [7, 11) is 0. The first-order chi connectivity index (χ1) is 9.16. The van der Waals surface area contributed by atoms with Crippen LogP contribution in [-0.2, 0) is 0 Å². The number of nitrogens with zero attached hydrogens (tertiary/aromatic N) is 2. The van der Waals surface area contributed by atoms with Crippen molar-refractivity contribution in [3.63, 3.8) is 0 Å². The van der Waals surface area contributed by atoms with E-state index in [0.29, 0.717) is 6.04 Å². The van der Waals surface area contributed by atoms with Gasteiger partial charge in [0.2, 0.25) is 0 Å². The lowest BCUT2D eigenvalue weighted by Gasteiger charge is -2.44. The molecule has 1 saturated heterocycles. The summed E-state index contributed by atoms with van der Waals surface area (Å²) in [5.74, 6) is 1.01. The number of piperidine rings is 1. The normalized spacial score (nSPS) is 27.2. The van der Waals surface area contributed by atoms with Gasteiger partial charge in [-0.3, -0.25) is 4.79 Å². The van der Waals surface area contributed by atoms with Gasteiger partial charge in [0, 0.05) is 19.5 Å². The van der Waals surface area contributed by atoms with E-state index in [1.54, 1.807) is 18.3 Å². The van der Waals surface area contributed by atoms with Gasteiger partial charge in [0.15, 0.2) is 10.9 Å². The Labute approximate surface area is 119 Å². The summed E-state index contributed by atoms with van der Waals surface area (Å²) < 4.78 is 0. The first-order valence-electron chi connectivity index (χ1n) is 7.42. The molecular weight excluding hydrogens is 256 g/mol. The molecule has 1 saturated carbocycles. The van der Waals surface area contributed by atoms with Gasteiger partial charge in [-0.25, -0.2) is 4.98 Å². The van der Waals surface area contributed by atoms with Crippen molar-refractivity contribution in [3.8, 4) is 0 Å². The lowest BCUT2D eigenvalue weighted by Crippen LogP contribution is -2.46. The molecule has 0 radical (unpaired) electrons. The van der Waals surface area contributed by atoms with E-state index in [1.165, 1.54) is 38.5 Å². The van der Waals surface area contributed by atoms with E-state index in [-0.39, 0.29) is 5.78 Å². The van der Waals surface area contributed by atoms with Crippen LogP contribution in [0.4, 0.5) is 5.13 Å². The smallest absolute Gasteiger partial charge is 0.186 e. The number of aromatic nitrogens is 1. The minimum Gasteiger partial charge on any atom is -0.345 e. The highest BCUT2D eigenvalue weighted by Gasteiger charge is 2.34. The maximum absolute atomic E-state index is 11.6. The molecule has 2 heterocycles. The van der Waals surface area contributed by atoms with Crippen molar-refractivity contribution in [1.82, 2.24) is 4.98 Å². The second-order valence-corrected chi connectivity index (χ2v) is 6.89. The van der Waals surface area contributed by atoms with Gasteiger partial charge < -0.3 is 4.90 Å². The highest BCUT2D eigenvalue weighted by molar-refractivity contribution is 7.17. The first kappa shape index (κ1) is 13.1. The minimum atomic E-state index is 0.151. The lowest BCUT2D eigenvalue weighted by molar-refractivity contribution is 0.102. The molecule has 19 heavy (non-hydrogen) atoms. The van der Waals surface area contributed by atoms with Crippen LogP contribution in [0.1, 0.15) is 60.8 Å². The molecular formula is C15H22N2OS. The number of carbonyl (C=O) groups excluding carboxylic acids is 1. The van der Waals surface area contributed by atoms with Gasteiger partial charge in [-0.05, 0) is 38.5 Å². The fourth-order valence-electron chi connectivity index (χ4n) is 3.69. The van der Waals surface area contributed by atoms with E-state index in [4.69, 9.17) is 0 Å². The molecule has 1 aliphatic heterocycles. The second-order valence-electron chi connectivity index (χ2n) is 5.91. The van der Waals surface area contributed by atoms with Crippen LogP contribution in [-0.4, -0.2) is 23.4 Å². The molecule has 0 amide bonds. The Hall–Kier alpha value is -0.900. The Balaban J connectivity index is 1.87. The number of hydrogen-bond donors (Lipinski definition) is 0. The molecule has 0 aromatic carbocycles. The third-order valence-corrected chi connectivity index (χ3v) is 5.89. The van der Waals surface area contributed by atoms with Crippen LogP contribution >= 0.6 is 11.3 Å². The number of Topliss-reactive ketones (excluding diaryl/α,β-unsaturated/α-hetero) is 1. The summed E-state index contributed by atoms with van der Waals surface area (Å²) in [5.41, 5.74) is 0.908. The molecule has 104 valence electrons. The van der Waals surface area contributed by atoms with Crippen molar-refractivity contribution in [1.29, 1.82) is 0 Å². The SMILES string of the molecule is CC(=O)c1sc(N2CCC[C@H]3CCCC[C@H]32)nc1C. The van der Waals surface area contributed by atoms with Gasteiger partial charge in [-0.2, -0.15) is 0 Å². The zero-order chi connectivity index (χ0) is 13.4. The highest BCUT2D eigenvalue weighted by Crippen LogP contribution is 2.39. The summed E-state index contributed by atoms with van der Waals surface area (Å²) in [5, 5.41) is 1.08. The van der Waals surface area contributed by atoms with Crippen LogP contribution in [0, 0.1) is 12.8 Å². The largest absolute Gasteiger partial charge is 0.345 e. The zero-order valence-electron chi connectivity index (χ0n) is 11.8. The molecule has 0 spiro atoms. The Morgan fingerprint density at radius 2 is 2.00 bits per heavy atom. The summed E-state index contributed by atoms with van der Waals surface area (Å²) in [6.07, 6.45) is 8.08. The Bertz CT molecular complexity index is 480. The third kappa shape index (κ3) is 2.42. The van der Waals surface area contributed by atoms with Crippen LogP contribution in [0.3, 0.4) is 0 Å². The molecule has 2 fully saturated rings. The molecule has 1 aliphatic carbocycles. The van der Waals surface area contributed by atoms with E-state index < -0.39 is 0 Å². The summed E-state index contributed by atoms with van der Waals surface area (Å²) >= 11 is 1.60. The van der Waals surface area contributed by atoms with Crippen LogP contribution in [0.25, 0.3) is 0 Å². The van der Waals surface area contributed by atoms with E-state index in [1.807, 2.05) is 6.92 Å². The Morgan fingerprint density at radius 1 is 1.26 bits per heavy atom. The maximum Gasteiger partial charge on any atom is 0.186 e. The summed E-state index contributed by atoms with van der Waals surface area (Å²) in [6.45, 7) is 4.72. The van der Waals surface area contributed by atoms with Crippen molar-refractivity contribution in [2.24, 2.45) is 5.92 Å². The van der Waals surface area contributed by atoms with Gasteiger partial charge >= 0.3 is 0 Å². The molecule has 4 heteroatoms. The molecule has 3 rings (SSSR count). The number of fused-ring (bicyclic) bond motifs is 1. The number of rotatable bonds is 2. The van der Waals surface area contributed by atoms with Gasteiger partial charge in [0.1, 0.15) is 0 Å². The van der Waals surface area contributed by atoms with Crippen molar-refractivity contribution in [2.75, 3.05) is 11.4 Å². The average Bonchev–Trinajstić information content (AvgIpc) is 2.80. The topological polar surface area (TPSA) is 33.2 Å². The highest BCUT2D eigenvalue weighted by atomic mass is 32.1. The molecule has 2 atom stereocenters. The average molecular weight is 278 g/mol. The second kappa shape index (κ2) is 5.23. The van der Waals surface area contributed by atoms with E-state index in [9.17, 15) is 4.79 Å². The lowest BCUT2D eigenvalue weighted by atomic mass is 9.78. The quantitative estimate of drug-likeness (QED) is 0.771. The predicted octanol–water partition coefficient (Wildman–Crippen LogP) is 3.81. The number of anilines is 1. The molecule has 1 aromatic rings.